The van der Waals surface area contributed by atoms with Crippen LogP contribution in [0.3, 0.4) is 0 Å². The molecule has 0 aliphatic carbocycles. The molecule has 6 aromatic rings. The molecular formula is C33H27N3O. The van der Waals surface area contributed by atoms with Crippen molar-refractivity contribution in [2.24, 2.45) is 7.05 Å². The molecule has 2 aromatic heterocycles. The largest absolute Gasteiger partial charge is 0.507 e. The monoisotopic (exact) mass is 481 g/mol. The van der Waals surface area contributed by atoms with Crippen LogP contribution in [-0.4, -0.2) is 19.6 Å². The highest BCUT2D eigenvalue weighted by Crippen LogP contribution is 2.37. The molecule has 180 valence electrons. The Kier molecular flexibility index (Phi) is 5.78. The Hall–Kier alpha value is -4.70. The number of imidazole rings is 1. The van der Waals surface area contributed by atoms with Crippen LogP contribution in [0.15, 0.2) is 115 Å². The Morgan fingerprint density at radius 1 is 0.703 bits per heavy atom. The maximum absolute atomic E-state index is 10.5. The van der Waals surface area contributed by atoms with Crippen molar-refractivity contribution in [3.05, 3.63) is 127 Å². The summed E-state index contributed by atoms with van der Waals surface area (Å²) in [6, 6.07) is 36.9. The minimum absolute atomic E-state index is 0.211. The van der Waals surface area contributed by atoms with Crippen LogP contribution in [0.25, 0.3) is 44.8 Å². The lowest BCUT2D eigenvalue weighted by Gasteiger charge is -2.16. The quantitative estimate of drug-likeness (QED) is 0.273. The summed E-state index contributed by atoms with van der Waals surface area (Å²) in [6.07, 6.45) is 1.83. The van der Waals surface area contributed by atoms with Crippen LogP contribution < -0.4 is 0 Å². The minimum Gasteiger partial charge on any atom is -0.507 e. The summed E-state index contributed by atoms with van der Waals surface area (Å²) in [5.41, 5.74) is 9.27. The van der Waals surface area contributed by atoms with Gasteiger partial charge in [-0.3, -0.25) is 4.98 Å². The van der Waals surface area contributed by atoms with Crippen molar-refractivity contribution in [2.75, 3.05) is 0 Å². The maximum Gasteiger partial charge on any atom is 0.144 e. The van der Waals surface area contributed by atoms with E-state index in [4.69, 9.17) is 4.98 Å². The SMILES string of the molecule is CC(c1ccccc1)c1cc(-c2ccccn2)cc(-c2cccc3c2nc(-c2ccccc2O)n3C)c1. The normalized spacial score (nSPS) is 12.1. The fourth-order valence-electron chi connectivity index (χ4n) is 5.02. The third-order valence-corrected chi connectivity index (χ3v) is 7.08. The van der Waals surface area contributed by atoms with Crippen LogP contribution in [0.1, 0.15) is 24.0 Å². The second-order valence-electron chi connectivity index (χ2n) is 9.38. The highest BCUT2D eigenvalue weighted by Gasteiger charge is 2.18. The zero-order valence-electron chi connectivity index (χ0n) is 20.8. The number of benzene rings is 4. The summed E-state index contributed by atoms with van der Waals surface area (Å²) in [4.78, 5) is 9.68. The summed E-state index contributed by atoms with van der Waals surface area (Å²) in [5.74, 6) is 1.17. The first-order valence-electron chi connectivity index (χ1n) is 12.5. The zero-order chi connectivity index (χ0) is 25.4. The average molecular weight is 482 g/mol. The molecule has 0 saturated heterocycles. The molecule has 4 heteroatoms. The number of para-hydroxylation sites is 2. The first kappa shape index (κ1) is 22.7. The van der Waals surface area contributed by atoms with Crippen molar-refractivity contribution < 1.29 is 5.11 Å². The van der Waals surface area contributed by atoms with Gasteiger partial charge in [-0.1, -0.05) is 73.7 Å². The van der Waals surface area contributed by atoms with Crippen LogP contribution in [0.5, 0.6) is 5.75 Å². The number of phenols is 1. The van der Waals surface area contributed by atoms with Gasteiger partial charge in [0, 0.05) is 30.3 Å². The van der Waals surface area contributed by atoms with Gasteiger partial charge in [0.25, 0.3) is 0 Å². The van der Waals surface area contributed by atoms with E-state index in [1.807, 2.05) is 54.2 Å². The van der Waals surface area contributed by atoms with Crippen molar-refractivity contribution in [3.8, 4) is 39.5 Å². The fourth-order valence-corrected chi connectivity index (χ4v) is 5.02. The van der Waals surface area contributed by atoms with Crippen molar-refractivity contribution in [2.45, 2.75) is 12.8 Å². The number of phenolic OH excluding ortho intramolecular Hbond substituents is 1. The number of hydrogen-bond donors (Lipinski definition) is 1. The molecule has 37 heavy (non-hydrogen) atoms. The molecule has 0 aliphatic heterocycles. The second kappa shape index (κ2) is 9.40. The molecule has 0 saturated carbocycles. The molecule has 6 rings (SSSR count). The highest BCUT2D eigenvalue weighted by molar-refractivity contribution is 5.95. The summed E-state index contributed by atoms with van der Waals surface area (Å²) in [5, 5.41) is 10.5. The Labute approximate surface area is 216 Å². The van der Waals surface area contributed by atoms with E-state index in [9.17, 15) is 5.11 Å². The van der Waals surface area contributed by atoms with Gasteiger partial charge in [0.15, 0.2) is 0 Å². The van der Waals surface area contributed by atoms with Crippen molar-refractivity contribution in [1.29, 1.82) is 0 Å². The minimum atomic E-state index is 0.211. The Morgan fingerprint density at radius 3 is 2.22 bits per heavy atom. The third kappa shape index (κ3) is 4.17. The second-order valence-corrected chi connectivity index (χ2v) is 9.38. The van der Waals surface area contributed by atoms with Crippen molar-refractivity contribution in [3.63, 3.8) is 0 Å². The lowest BCUT2D eigenvalue weighted by atomic mass is 9.88. The van der Waals surface area contributed by atoms with Crippen LogP contribution in [0, 0.1) is 0 Å². The molecule has 0 amide bonds. The van der Waals surface area contributed by atoms with E-state index < -0.39 is 0 Å². The number of pyridine rings is 1. The standard InChI is InChI=1S/C33H27N3O/c1-22(23-11-4-3-5-12-23)24-19-25(21-26(20-24)29-15-8-9-18-34-29)27-14-10-16-30-32(27)35-33(36(30)2)28-13-6-7-17-31(28)37/h3-22,37H,1-2H3. The summed E-state index contributed by atoms with van der Waals surface area (Å²) in [6.45, 7) is 2.24. The third-order valence-electron chi connectivity index (χ3n) is 7.08. The highest BCUT2D eigenvalue weighted by atomic mass is 16.3. The van der Waals surface area contributed by atoms with Gasteiger partial charge >= 0.3 is 0 Å². The van der Waals surface area contributed by atoms with E-state index in [2.05, 4.69) is 78.6 Å². The van der Waals surface area contributed by atoms with E-state index in [-0.39, 0.29) is 11.7 Å². The first-order chi connectivity index (χ1) is 18.1. The van der Waals surface area contributed by atoms with E-state index in [0.717, 1.165) is 39.2 Å². The number of fused-ring (bicyclic) bond motifs is 1. The predicted molar refractivity (Wildman–Crippen MR) is 150 cm³/mol. The molecule has 0 radical (unpaired) electrons. The number of nitrogens with zero attached hydrogens (tertiary/aromatic N) is 3. The average Bonchev–Trinajstić information content (AvgIpc) is 3.29. The molecule has 0 aliphatic rings. The number of aryl methyl sites for hydroxylation is 1. The van der Waals surface area contributed by atoms with Crippen LogP contribution >= 0.6 is 0 Å². The summed E-state index contributed by atoms with van der Waals surface area (Å²) < 4.78 is 2.05. The van der Waals surface area contributed by atoms with E-state index in [0.29, 0.717) is 5.56 Å². The van der Waals surface area contributed by atoms with Gasteiger partial charge in [0.2, 0.25) is 0 Å². The van der Waals surface area contributed by atoms with E-state index in [1.54, 1.807) is 6.07 Å². The molecule has 4 nitrogen and oxygen atoms in total. The number of aromatic nitrogens is 3. The lowest BCUT2D eigenvalue weighted by Crippen LogP contribution is -1.98. The van der Waals surface area contributed by atoms with Gasteiger partial charge in [-0.25, -0.2) is 4.98 Å². The smallest absolute Gasteiger partial charge is 0.144 e. The van der Waals surface area contributed by atoms with Gasteiger partial charge in [-0.15, -0.1) is 0 Å². The van der Waals surface area contributed by atoms with Crippen LogP contribution in [0.4, 0.5) is 0 Å². The number of rotatable bonds is 5. The van der Waals surface area contributed by atoms with Gasteiger partial charge in [-0.05, 0) is 59.2 Å². The summed E-state index contributed by atoms with van der Waals surface area (Å²) >= 11 is 0. The molecular weight excluding hydrogens is 454 g/mol. The molecule has 1 atom stereocenters. The summed E-state index contributed by atoms with van der Waals surface area (Å²) in [7, 11) is 1.99. The van der Waals surface area contributed by atoms with Gasteiger partial charge in [-0.2, -0.15) is 0 Å². The topological polar surface area (TPSA) is 50.9 Å². The number of hydrogen-bond acceptors (Lipinski definition) is 3. The molecule has 0 bridgehead atoms. The molecule has 1 N–H and O–H groups in total. The number of aromatic hydroxyl groups is 1. The Morgan fingerprint density at radius 2 is 1.43 bits per heavy atom. The Bertz CT molecular complexity index is 1710. The Balaban J connectivity index is 1.57. The molecule has 2 heterocycles. The molecule has 1 unspecified atom stereocenters. The van der Waals surface area contributed by atoms with Crippen molar-refractivity contribution in [1.82, 2.24) is 14.5 Å². The van der Waals surface area contributed by atoms with Crippen LogP contribution in [-0.2, 0) is 7.05 Å². The molecule has 4 aromatic carbocycles. The van der Waals surface area contributed by atoms with Gasteiger partial charge in [0.1, 0.15) is 11.6 Å². The van der Waals surface area contributed by atoms with Gasteiger partial charge < -0.3 is 9.67 Å². The first-order valence-corrected chi connectivity index (χ1v) is 12.5. The van der Waals surface area contributed by atoms with Crippen molar-refractivity contribution >= 4 is 11.0 Å². The van der Waals surface area contributed by atoms with E-state index >= 15 is 0 Å². The van der Waals surface area contributed by atoms with E-state index in [1.165, 1.54) is 11.1 Å². The molecule has 0 spiro atoms. The lowest BCUT2D eigenvalue weighted by molar-refractivity contribution is 0.476. The zero-order valence-corrected chi connectivity index (χ0v) is 20.8. The molecule has 0 fully saturated rings. The predicted octanol–water partition coefficient (Wildman–Crippen LogP) is 7.83. The maximum atomic E-state index is 10.5. The van der Waals surface area contributed by atoms with Gasteiger partial charge in [0.05, 0.1) is 22.3 Å². The van der Waals surface area contributed by atoms with Crippen LogP contribution in [0.2, 0.25) is 0 Å². The fraction of sp³-hybridized carbons (Fsp3) is 0.0909.